The van der Waals surface area contributed by atoms with Crippen molar-refractivity contribution in [3.05, 3.63) is 34.6 Å². The maximum absolute atomic E-state index is 13.9. The van der Waals surface area contributed by atoms with Crippen molar-refractivity contribution < 1.29 is 9.18 Å². The molecule has 1 saturated heterocycles. The van der Waals surface area contributed by atoms with Crippen molar-refractivity contribution in [1.82, 2.24) is 4.90 Å². The van der Waals surface area contributed by atoms with Gasteiger partial charge in [0.15, 0.2) is 0 Å². The number of hydrogen-bond donors (Lipinski definition) is 0. The molecule has 0 spiro atoms. The van der Waals surface area contributed by atoms with Crippen LogP contribution in [0.3, 0.4) is 0 Å². The van der Waals surface area contributed by atoms with Gasteiger partial charge in [-0.1, -0.05) is 24.1 Å². The lowest BCUT2D eigenvalue weighted by atomic mass is 9.81. The molecule has 21 heavy (non-hydrogen) atoms. The Balaban J connectivity index is 1.67. The Kier molecular flexibility index (Phi) is 4.48. The number of nitrogens with zero attached hydrogens (tertiary/aromatic N) is 1. The van der Waals surface area contributed by atoms with Crippen LogP contribution in [-0.4, -0.2) is 23.4 Å². The average Bonchev–Trinajstić information content (AvgIpc) is 2.90. The van der Waals surface area contributed by atoms with Crippen molar-refractivity contribution >= 4 is 17.5 Å². The summed E-state index contributed by atoms with van der Waals surface area (Å²) in [7, 11) is 0. The highest BCUT2D eigenvalue weighted by molar-refractivity contribution is 6.31. The first-order valence-electron chi connectivity index (χ1n) is 7.87. The van der Waals surface area contributed by atoms with E-state index in [-0.39, 0.29) is 5.82 Å². The van der Waals surface area contributed by atoms with E-state index in [1.165, 1.54) is 6.07 Å². The van der Waals surface area contributed by atoms with E-state index in [0.29, 0.717) is 41.3 Å². The van der Waals surface area contributed by atoms with Crippen LogP contribution in [-0.2, 0) is 11.2 Å². The number of carbonyl (C=O) groups is 1. The highest BCUT2D eigenvalue weighted by atomic mass is 35.5. The van der Waals surface area contributed by atoms with Crippen LogP contribution in [0.1, 0.15) is 44.1 Å². The number of benzene rings is 1. The van der Waals surface area contributed by atoms with Gasteiger partial charge in [-0.2, -0.15) is 0 Å². The second kappa shape index (κ2) is 6.35. The lowest BCUT2D eigenvalue weighted by Crippen LogP contribution is -2.39. The van der Waals surface area contributed by atoms with E-state index >= 15 is 0 Å². The van der Waals surface area contributed by atoms with Gasteiger partial charge < -0.3 is 4.90 Å². The van der Waals surface area contributed by atoms with E-state index in [4.69, 9.17) is 11.6 Å². The highest BCUT2D eigenvalue weighted by Crippen LogP contribution is 2.34. The molecule has 0 aromatic heterocycles. The lowest BCUT2D eigenvalue weighted by molar-refractivity contribution is -0.130. The first-order chi connectivity index (χ1) is 10.1. The zero-order valence-corrected chi connectivity index (χ0v) is 12.9. The van der Waals surface area contributed by atoms with Crippen LogP contribution in [0, 0.1) is 11.7 Å². The summed E-state index contributed by atoms with van der Waals surface area (Å²) in [4.78, 5) is 13.9. The summed E-state index contributed by atoms with van der Waals surface area (Å²) in [5.41, 5.74) is 0.637. The Morgan fingerprint density at radius 3 is 2.86 bits per heavy atom. The fourth-order valence-corrected chi connectivity index (χ4v) is 4.04. The molecule has 0 unspecified atom stereocenters. The van der Waals surface area contributed by atoms with Crippen molar-refractivity contribution in [3.63, 3.8) is 0 Å². The molecule has 1 saturated carbocycles. The quantitative estimate of drug-likeness (QED) is 0.819. The van der Waals surface area contributed by atoms with Gasteiger partial charge in [0.1, 0.15) is 5.82 Å². The van der Waals surface area contributed by atoms with Gasteiger partial charge in [0, 0.05) is 29.6 Å². The lowest BCUT2D eigenvalue weighted by Gasteiger charge is -2.35. The van der Waals surface area contributed by atoms with Crippen LogP contribution in [0.25, 0.3) is 0 Å². The normalized spacial score (nSPS) is 26.4. The number of amides is 1. The number of halogens is 2. The summed E-state index contributed by atoms with van der Waals surface area (Å²) in [5, 5.41) is 0.523. The van der Waals surface area contributed by atoms with E-state index in [9.17, 15) is 9.18 Å². The highest BCUT2D eigenvalue weighted by Gasteiger charge is 2.32. The van der Waals surface area contributed by atoms with Crippen LogP contribution in [0.5, 0.6) is 0 Å². The Morgan fingerprint density at radius 1 is 1.29 bits per heavy atom. The first kappa shape index (κ1) is 14.8. The predicted octanol–water partition coefficient (Wildman–Crippen LogP) is 4.20. The van der Waals surface area contributed by atoms with Gasteiger partial charge in [-0.05, 0) is 50.2 Å². The molecule has 2 atom stereocenters. The molecule has 1 heterocycles. The average molecular weight is 310 g/mol. The summed E-state index contributed by atoms with van der Waals surface area (Å²) in [6.45, 7) is 0.899. The van der Waals surface area contributed by atoms with E-state index < -0.39 is 0 Å². The third-order valence-electron chi connectivity index (χ3n) is 4.86. The molecule has 1 amide bonds. The molecule has 4 heteroatoms. The van der Waals surface area contributed by atoms with E-state index in [1.807, 2.05) is 0 Å². The summed E-state index contributed by atoms with van der Waals surface area (Å²) in [5.74, 6) is 0.512. The number of carbonyl (C=O) groups excluding carboxylic acids is 1. The monoisotopic (exact) mass is 309 g/mol. The van der Waals surface area contributed by atoms with E-state index in [1.54, 1.807) is 12.1 Å². The molecule has 0 radical (unpaired) electrons. The molecule has 1 aliphatic carbocycles. The SMILES string of the molecule is O=C1CCCN1[C@H]1CCC[C@@H](Cc2c(F)cccc2Cl)C1. The van der Waals surface area contributed by atoms with Gasteiger partial charge in [-0.3, -0.25) is 4.79 Å². The topological polar surface area (TPSA) is 20.3 Å². The smallest absolute Gasteiger partial charge is 0.222 e. The van der Waals surface area contributed by atoms with Crippen LogP contribution in [0.2, 0.25) is 5.02 Å². The first-order valence-corrected chi connectivity index (χ1v) is 8.25. The van der Waals surface area contributed by atoms with E-state index in [2.05, 4.69) is 4.90 Å². The van der Waals surface area contributed by atoms with Crippen LogP contribution < -0.4 is 0 Å². The molecule has 2 fully saturated rings. The molecule has 114 valence electrons. The van der Waals surface area contributed by atoms with Crippen LogP contribution in [0.15, 0.2) is 18.2 Å². The summed E-state index contributed by atoms with van der Waals surface area (Å²) in [6.07, 6.45) is 6.65. The zero-order valence-electron chi connectivity index (χ0n) is 12.2. The molecule has 0 N–H and O–H groups in total. The van der Waals surface area contributed by atoms with Crippen molar-refractivity contribution in [1.29, 1.82) is 0 Å². The van der Waals surface area contributed by atoms with Gasteiger partial charge in [-0.15, -0.1) is 0 Å². The second-order valence-electron chi connectivity index (χ2n) is 6.28. The fourth-order valence-electron chi connectivity index (χ4n) is 3.80. The summed E-state index contributed by atoms with van der Waals surface area (Å²) >= 11 is 6.13. The third-order valence-corrected chi connectivity index (χ3v) is 5.21. The Hall–Kier alpha value is -1.09. The summed E-state index contributed by atoms with van der Waals surface area (Å²) < 4.78 is 13.9. The molecular weight excluding hydrogens is 289 g/mol. The standard InChI is InChI=1S/C17H21ClFNO/c18-15-6-2-7-16(19)14(15)11-12-4-1-5-13(10-12)20-9-3-8-17(20)21/h2,6-7,12-13H,1,3-5,8-11H2/t12-,13+/m1/s1. The van der Waals surface area contributed by atoms with Crippen LogP contribution in [0.4, 0.5) is 4.39 Å². The summed E-state index contributed by atoms with van der Waals surface area (Å²) in [6, 6.07) is 5.23. The second-order valence-corrected chi connectivity index (χ2v) is 6.69. The molecule has 1 aromatic carbocycles. The Morgan fingerprint density at radius 2 is 2.14 bits per heavy atom. The third kappa shape index (κ3) is 3.23. The van der Waals surface area contributed by atoms with Gasteiger partial charge >= 0.3 is 0 Å². The number of hydrogen-bond acceptors (Lipinski definition) is 1. The maximum atomic E-state index is 13.9. The van der Waals surface area contributed by atoms with Crippen molar-refractivity contribution in [2.75, 3.05) is 6.54 Å². The van der Waals surface area contributed by atoms with Crippen molar-refractivity contribution in [2.24, 2.45) is 5.92 Å². The molecule has 2 aliphatic rings. The van der Waals surface area contributed by atoms with Gasteiger partial charge in [0.2, 0.25) is 5.91 Å². The van der Waals surface area contributed by atoms with E-state index in [0.717, 1.165) is 38.6 Å². The largest absolute Gasteiger partial charge is 0.340 e. The van der Waals surface area contributed by atoms with Gasteiger partial charge in [0.25, 0.3) is 0 Å². The van der Waals surface area contributed by atoms with Gasteiger partial charge in [0.05, 0.1) is 0 Å². The van der Waals surface area contributed by atoms with Crippen molar-refractivity contribution in [2.45, 2.75) is 51.0 Å². The minimum absolute atomic E-state index is 0.207. The number of likely N-dealkylation sites (tertiary alicyclic amines) is 1. The molecule has 1 aliphatic heterocycles. The Bertz CT molecular complexity index is 513. The maximum Gasteiger partial charge on any atom is 0.222 e. The fraction of sp³-hybridized carbons (Fsp3) is 0.588. The minimum atomic E-state index is -0.207. The molecule has 1 aromatic rings. The van der Waals surface area contributed by atoms with Crippen molar-refractivity contribution in [3.8, 4) is 0 Å². The number of rotatable bonds is 3. The molecular formula is C17H21ClFNO. The molecule has 0 bridgehead atoms. The zero-order chi connectivity index (χ0) is 14.8. The Labute approximate surface area is 130 Å². The minimum Gasteiger partial charge on any atom is -0.340 e. The van der Waals surface area contributed by atoms with Crippen LogP contribution >= 0.6 is 11.6 Å². The molecule has 2 nitrogen and oxygen atoms in total. The predicted molar refractivity (Wildman–Crippen MR) is 81.8 cm³/mol. The van der Waals surface area contributed by atoms with Gasteiger partial charge in [-0.25, -0.2) is 4.39 Å². The molecule has 3 rings (SSSR count).